The molecule has 0 amide bonds. The Kier molecular flexibility index (Phi) is 8.07. The minimum Gasteiger partial charge on any atom is -0.350 e. The normalized spacial score (nSPS) is 15.8. The van der Waals surface area contributed by atoms with E-state index >= 15 is 0 Å². The molecule has 1 aliphatic rings. The third-order valence-electron chi connectivity index (χ3n) is 4.70. The van der Waals surface area contributed by atoms with Crippen molar-refractivity contribution in [3.63, 3.8) is 0 Å². The number of hydrogen-bond donors (Lipinski definition) is 2. The van der Waals surface area contributed by atoms with Gasteiger partial charge in [-0.2, -0.15) is 0 Å². The molecule has 3 aromatic heterocycles. The van der Waals surface area contributed by atoms with Crippen LogP contribution < -0.4 is 10.6 Å². The predicted molar refractivity (Wildman–Crippen MR) is 125 cm³/mol. The molecule has 0 saturated carbocycles. The third-order valence-corrected chi connectivity index (χ3v) is 6.30. The number of thiophene rings is 1. The first kappa shape index (κ1) is 22.5. The molecule has 0 radical (unpaired) electrons. The van der Waals surface area contributed by atoms with E-state index < -0.39 is 11.6 Å². The van der Waals surface area contributed by atoms with Crippen molar-refractivity contribution in [3.05, 3.63) is 46.9 Å². The number of nitrogens with one attached hydrogen (secondary N) is 2. The summed E-state index contributed by atoms with van der Waals surface area (Å²) in [6, 6.07) is 5.64. The largest absolute Gasteiger partial charge is 0.350 e. The van der Waals surface area contributed by atoms with Crippen molar-refractivity contribution in [2.45, 2.75) is 46.1 Å². The molecule has 1 aliphatic heterocycles. The van der Waals surface area contributed by atoms with Gasteiger partial charge in [-0.15, -0.1) is 22.7 Å². The number of halogens is 2. The fraction of sp³-hybridized carbons (Fsp3) is 0.364. The Morgan fingerprint density at radius 2 is 1.97 bits per heavy atom. The molecule has 1 saturated heterocycles. The van der Waals surface area contributed by atoms with Gasteiger partial charge in [0.05, 0.1) is 15.9 Å². The number of pyridine rings is 1. The molecule has 160 valence electrons. The Morgan fingerprint density at radius 1 is 1.13 bits per heavy atom. The molecule has 1 fully saturated rings. The first-order chi connectivity index (χ1) is 14.6. The van der Waals surface area contributed by atoms with E-state index in [1.54, 1.807) is 12.3 Å². The highest BCUT2D eigenvalue weighted by atomic mass is 32.1. The summed E-state index contributed by atoms with van der Waals surface area (Å²) in [6.07, 6.45) is 5.79. The Balaban J connectivity index is 0.000000241. The van der Waals surface area contributed by atoms with Crippen molar-refractivity contribution in [3.8, 4) is 0 Å². The zero-order chi connectivity index (χ0) is 21.5. The molecule has 4 aromatic rings. The summed E-state index contributed by atoms with van der Waals surface area (Å²) in [6.45, 7) is 7.49. The van der Waals surface area contributed by atoms with Crippen LogP contribution in [0.2, 0.25) is 0 Å². The van der Waals surface area contributed by atoms with Crippen LogP contribution >= 0.6 is 22.7 Å². The third kappa shape index (κ3) is 5.11. The van der Waals surface area contributed by atoms with Crippen molar-refractivity contribution in [1.29, 1.82) is 0 Å². The number of nitrogens with zero attached hydrogens (tertiary/aromatic N) is 2. The van der Waals surface area contributed by atoms with Crippen LogP contribution in [-0.2, 0) is 0 Å². The second-order valence-corrected chi connectivity index (χ2v) is 8.50. The zero-order valence-corrected chi connectivity index (χ0v) is 19.0. The lowest BCUT2D eigenvalue weighted by Gasteiger charge is -2.18. The van der Waals surface area contributed by atoms with E-state index in [0.29, 0.717) is 10.4 Å². The monoisotopic (exact) mass is 448 g/mol. The Bertz CT molecular complexity index is 1090. The van der Waals surface area contributed by atoms with Gasteiger partial charge in [-0.05, 0) is 49.9 Å². The predicted octanol–water partition coefficient (Wildman–Crippen LogP) is 7.10. The van der Waals surface area contributed by atoms with Crippen molar-refractivity contribution in [1.82, 2.24) is 15.3 Å². The van der Waals surface area contributed by atoms with Crippen LogP contribution in [0.3, 0.4) is 0 Å². The summed E-state index contributed by atoms with van der Waals surface area (Å²) in [5.74, 6) is -1.31. The van der Waals surface area contributed by atoms with Crippen LogP contribution in [0.1, 0.15) is 40.0 Å². The van der Waals surface area contributed by atoms with Crippen LogP contribution in [0, 0.1) is 11.6 Å². The van der Waals surface area contributed by atoms with Crippen molar-refractivity contribution < 1.29 is 8.78 Å². The molecule has 1 atom stereocenters. The van der Waals surface area contributed by atoms with Crippen molar-refractivity contribution in [2.75, 3.05) is 11.9 Å². The van der Waals surface area contributed by atoms with E-state index in [4.69, 9.17) is 0 Å². The molecule has 0 bridgehead atoms. The van der Waals surface area contributed by atoms with E-state index in [9.17, 15) is 8.78 Å². The van der Waals surface area contributed by atoms with Gasteiger partial charge in [0.15, 0.2) is 11.6 Å². The van der Waals surface area contributed by atoms with Gasteiger partial charge < -0.3 is 10.6 Å². The van der Waals surface area contributed by atoms with Crippen molar-refractivity contribution >= 4 is 54.5 Å². The van der Waals surface area contributed by atoms with Gasteiger partial charge in [0, 0.05) is 17.6 Å². The summed E-state index contributed by atoms with van der Waals surface area (Å²) < 4.78 is 29.0. The lowest BCUT2D eigenvalue weighted by atomic mass is 10.1. The molecule has 8 heteroatoms. The van der Waals surface area contributed by atoms with Gasteiger partial charge in [0.1, 0.15) is 16.0 Å². The number of piperidine rings is 1. The lowest BCUT2D eigenvalue weighted by molar-refractivity contribution is 0.425. The van der Waals surface area contributed by atoms with Gasteiger partial charge in [-0.25, -0.2) is 18.7 Å². The number of anilines is 2. The number of fused-ring (bicyclic) bond motifs is 2. The fourth-order valence-corrected chi connectivity index (χ4v) is 4.65. The minimum absolute atomic E-state index is 0.180. The highest BCUT2D eigenvalue weighted by Crippen LogP contribution is 2.34. The van der Waals surface area contributed by atoms with Crippen molar-refractivity contribution in [2.24, 2.45) is 0 Å². The number of hydrogen-bond acceptors (Lipinski definition) is 6. The van der Waals surface area contributed by atoms with Gasteiger partial charge in [-0.1, -0.05) is 20.3 Å². The standard InChI is InChI=1S/C14H7F2N3S2.C6H13N.C2H6/c15-8-5-10-13(18-6-21-10)11(16)12(8)19-9-1-3-17-14-7(9)2-4-20-14;1-6-4-2-3-5-7-6;1-2/h1-6H,(H,17,19);6-7H,2-5H2,1H3;1-2H3. The Hall–Kier alpha value is -2.16. The topological polar surface area (TPSA) is 49.8 Å². The van der Waals surface area contributed by atoms with Gasteiger partial charge in [-0.3, -0.25) is 0 Å². The number of thiazole rings is 1. The summed E-state index contributed by atoms with van der Waals surface area (Å²) in [5.41, 5.74) is 2.11. The van der Waals surface area contributed by atoms with E-state index in [1.165, 1.54) is 60.1 Å². The first-order valence-electron chi connectivity index (χ1n) is 10.2. The maximum Gasteiger partial charge on any atom is 0.176 e. The van der Waals surface area contributed by atoms with Crippen LogP contribution in [0.15, 0.2) is 35.3 Å². The fourth-order valence-electron chi connectivity index (χ4n) is 3.19. The molecule has 4 heterocycles. The summed E-state index contributed by atoms with van der Waals surface area (Å²) in [4.78, 5) is 8.97. The second kappa shape index (κ2) is 10.7. The second-order valence-electron chi connectivity index (χ2n) is 6.72. The number of aromatic nitrogens is 2. The van der Waals surface area contributed by atoms with E-state index in [2.05, 4.69) is 27.5 Å². The average molecular weight is 449 g/mol. The van der Waals surface area contributed by atoms with Crippen LogP contribution in [0.4, 0.5) is 20.2 Å². The lowest BCUT2D eigenvalue weighted by Crippen LogP contribution is -2.30. The zero-order valence-electron chi connectivity index (χ0n) is 17.3. The van der Waals surface area contributed by atoms with Crippen LogP contribution in [0.25, 0.3) is 20.4 Å². The Morgan fingerprint density at radius 3 is 2.67 bits per heavy atom. The molecular weight excluding hydrogens is 422 g/mol. The van der Waals surface area contributed by atoms with Gasteiger partial charge >= 0.3 is 0 Å². The number of rotatable bonds is 2. The summed E-state index contributed by atoms with van der Waals surface area (Å²) in [7, 11) is 0. The highest BCUT2D eigenvalue weighted by molar-refractivity contribution is 7.17. The van der Waals surface area contributed by atoms with Gasteiger partial charge in [0.25, 0.3) is 0 Å². The molecule has 1 aromatic carbocycles. The first-order valence-corrected chi connectivity index (χ1v) is 11.9. The quantitative estimate of drug-likeness (QED) is 0.343. The minimum atomic E-state index is -0.675. The molecular formula is C22H26F2N4S2. The van der Waals surface area contributed by atoms with Gasteiger partial charge in [0.2, 0.25) is 0 Å². The molecule has 0 aliphatic carbocycles. The summed E-state index contributed by atoms with van der Waals surface area (Å²) >= 11 is 2.68. The molecule has 0 spiro atoms. The van der Waals surface area contributed by atoms with E-state index in [1.807, 2.05) is 25.3 Å². The maximum absolute atomic E-state index is 14.4. The maximum atomic E-state index is 14.4. The SMILES string of the molecule is CC.CC1CCCCN1.Fc1cc2scnc2c(F)c1Nc1ccnc2sccc12. The molecule has 4 nitrogen and oxygen atoms in total. The van der Waals surface area contributed by atoms with E-state index in [-0.39, 0.29) is 11.2 Å². The average Bonchev–Trinajstić information content (AvgIpc) is 3.43. The van der Waals surface area contributed by atoms with Crippen LogP contribution in [0.5, 0.6) is 0 Å². The number of benzene rings is 1. The summed E-state index contributed by atoms with van der Waals surface area (Å²) in [5, 5.41) is 8.94. The van der Waals surface area contributed by atoms with Crippen LogP contribution in [-0.4, -0.2) is 22.6 Å². The smallest absolute Gasteiger partial charge is 0.176 e. The molecule has 2 N–H and O–H groups in total. The molecule has 1 unspecified atom stereocenters. The highest BCUT2D eigenvalue weighted by Gasteiger charge is 2.17. The Labute approximate surface area is 183 Å². The molecule has 5 rings (SSSR count). The van der Waals surface area contributed by atoms with E-state index in [0.717, 1.165) is 16.3 Å². The molecule has 30 heavy (non-hydrogen) atoms.